The number of benzene rings is 1. The molecule has 0 atom stereocenters. The van der Waals surface area contributed by atoms with E-state index in [-0.39, 0.29) is 32.8 Å². The fourth-order valence-corrected chi connectivity index (χ4v) is 5.33. The second kappa shape index (κ2) is 9.53. The Morgan fingerprint density at radius 1 is 1.19 bits per heavy atom. The minimum absolute atomic E-state index is 0.112. The molecule has 3 heterocycles. The van der Waals surface area contributed by atoms with E-state index in [2.05, 4.69) is 29.2 Å². The molecule has 162 valence electrons. The monoisotopic (exact) mass is 550 g/mol. The molecule has 1 aliphatic carbocycles. The average Bonchev–Trinajstić information content (AvgIpc) is 3.53. The van der Waals surface area contributed by atoms with Gasteiger partial charge in [-0.2, -0.15) is 0 Å². The van der Waals surface area contributed by atoms with E-state index in [9.17, 15) is 4.79 Å². The van der Waals surface area contributed by atoms with Crippen LogP contribution >= 0.6 is 32.8 Å². The third kappa shape index (κ3) is 5.55. The van der Waals surface area contributed by atoms with Crippen LogP contribution in [0.4, 0.5) is 17.3 Å². The molecule has 0 unspecified atom stereocenters. The standard InChI is InChI=1S/C21H23IN6O2S/c29-20(14-1-2-14)23-15-3-5-16(6-4-15)31-21-25-18(24-17-7-8-22-27-17)13-19(26-21)28-9-11-30-12-10-28/h3-8,13-14,27H,1-2,9-12H2,(H,23,29)(H,24,25,26). The summed E-state index contributed by atoms with van der Waals surface area (Å²) in [6, 6.07) is 9.84. The zero-order valence-corrected chi connectivity index (χ0v) is 19.8. The summed E-state index contributed by atoms with van der Waals surface area (Å²) < 4.78 is 11.0. The van der Waals surface area contributed by atoms with Crippen LogP contribution in [0, 0.1) is 5.92 Å². The molecule has 0 spiro atoms. The first-order chi connectivity index (χ1) is 15.2. The van der Waals surface area contributed by atoms with Crippen molar-refractivity contribution in [2.24, 2.45) is 5.92 Å². The highest BCUT2D eigenvalue weighted by Gasteiger charge is 2.29. The first-order valence-corrected chi connectivity index (χ1v) is 13.4. The summed E-state index contributed by atoms with van der Waals surface area (Å²) in [4.78, 5) is 24.7. The van der Waals surface area contributed by atoms with Crippen LogP contribution in [0.3, 0.4) is 0 Å². The molecule has 2 aliphatic heterocycles. The Morgan fingerprint density at radius 2 is 2.00 bits per heavy atom. The Balaban J connectivity index is 1.33. The summed E-state index contributed by atoms with van der Waals surface area (Å²) in [5, 5.41) is 7.02. The number of nitrogens with zero attached hydrogens (tertiary/aromatic N) is 3. The van der Waals surface area contributed by atoms with Crippen molar-refractivity contribution in [3.05, 3.63) is 42.2 Å². The van der Waals surface area contributed by atoms with E-state index in [1.807, 2.05) is 30.3 Å². The molecule has 1 saturated carbocycles. The van der Waals surface area contributed by atoms with Crippen LogP contribution < -0.4 is 19.1 Å². The third-order valence-corrected chi connectivity index (χ3v) is 7.50. The van der Waals surface area contributed by atoms with Gasteiger partial charge in [0.25, 0.3) is 0 Å². The Kier molecular flexibility index (Phi) is 6.37. The summed E-state index contributed by atoms with van der Waals surface area (Å²) >= 11 is 1.40. The van der Waals surface area contributed by atoms with E-state index < -0.39 is 0 Å². The molecule has 3 aliphatic rings. The van der Waals surface area contributed by atoms with Crippen LogP contribution in [0.2, 0.25) is 0 Å². The van der Waals surface area contributed by atoms with E-state index >= 15 is 0 Å². The molecule has 2 fully saturated rings. The smallest absolute Gasteiger partial charge is 0.227 e. The van der Waals surface area contributed by atoms with Crippen molar-refractivity contribution in [1.29, 1.82) is 0 Å². The minimum atomic E-state index is -0.112. The van der Waals surface area contributed by atoms with Crippen LogP contribution in [-0.2, 0) is 9.53 Å². The van der Waals surface area contributed by atoms with Gasteiger partial charge in [0.05, 0.1) is 13.2 Å². The number of halogens is 1. The van der Waals surface area contributed by atoms with Crippen LogP contribution in [0.25, 0.3) is 0 Å². The Bertz CT molecular complexity index is 1020. The lowest BCUT2D eigenvalue weighted by molar-refractivity contribution is -0.117. The van der Waals surface area contributed by atoms with Gasteiger partial charge < -0.3 is 23.8 Å². The summed E-state index contributed by atoms with van der Waals surface area (Å²) in [6.07, 6.45) is 4.06. The zero-order chi connectivity index (χ0) is 21.0. The number of aromatic nitrogens is 2. The number of anilines is 3. The van der Waals surface area contributed by atoms with Gasteiger partial charge in [-0.25, -0.2) is 9.97 Å². The predicted octanol–water partition coefficient (Wildman–Crippen LogP) is 3.36. The van der Waals surface area contributed by atoms with Crippen molar-refractivity contribution in [2.75, 3.05) is 41.8 Å². The van der Waals surface area contributed by atoms with E-state index in [1.165, 1.54) is 11.8 Å². The molecule has 3 N–H and O–H groups in total. The molecular formula is C21H23IN6O2S. The molecule has 2 aromatic rings. The number of carbonyl (C=O) groups is 1. The van der Waals surface area contributed by atoms with Gasteiger partial charge >= 0.3 is 0 Å². The van der Waals surface area contributed by atoms with Crippen molar-refractivity contribution in [3.63, 3.8) is 0 Å². The van der Waals surface area contributed by atoms with Crippen molar-refractivity contribution in [3.8, 4) is 0 Å². The number of rotatable bonds is 7. The number of nitrogens with one attached hydrogen (secondary N) is 3. The number of ether oxygens (including phenoxy) is 1. The summed E-state index contributed by atoms with van der Waals surface area (Å²) in [5.74, 6) is 2.96. The van der Waals surface area contributed by atoms with Crippen molar-refractivity contribution in [1.82, 2.24) is 13.5 Å². The summed E-state index contributed by atoms with van der Waals surface area (Å²) in [6.45, 7) is 3.04. The van der Waals surface area contributed by atoms with Gasteiger partial charge in [0.2, 0.25) is 5.91 Å². The third-order valence-electron chi connectivity index (χ3n) is 5.02. The molecule has 10 heteroatoms. The number of carbonyl (C=O) groups excluding carboxylic acids is 1. The molecule has 1 aromatic carbocycles. The number of morpholine rings is 1. The molecule has 1 amide bonds. The van der Waals surface area contributed by atoms with Crippen LogP contribution in [0.15, 0.2) is 52.3 Å². The maximum atomic E-state index is 12.0. The summed E-state index contributed by atoms with van der Waals surface area (Å²) in [5.41, 5.74) is 0.824. The Morgan fingerprint density at radius 3 is 2.71 bits per heavy atom. The fraction of sp³-hybridized carbons (Fsp3) is 0.333. The molecule has 1 saturated heterocycles. The van der Waals surface area contributed by atoms with Gasteiger partial charge in [0.1, 0.15) is 17.5 Å². The second-order valence-corrected chi connectivity index (χ2v) is 10.3. The number of hydrogen-bond acceptors (Lipinski definition) is 8. The van der Waals surface area contributed by atoms with Crippen molar-refractivity contribution >= 4 is 60.0 Å². The van der Waals surface area contributed by atoms with Crippen LogP contribution in [0.5, 0.6) is 0 Å². The van der Waals surface area contributed by atoms with Gasteiger partial charge in [-0.3, -0.25) is 4.79 Å². The lowest BCUT2D eigenvalue weighted by Gasteiger charge is -2.28. The predicted molar refractivity (Wildman–Crippen MR) is 132 cm³/mol. The van der Waals surface area contributed by atoms with Gasteiger partial charge in [-0.15, -0.1) is 0 Å². The number of amides is 1. The Labute approximate surface area is 195 Å². The van der Waals surface area contributed by atoms with Gasteiger partial charge in [-0.05, 0) is 80.0 Å². The second-order valence-electron chi connectivity index (χ2n) is 7.42. The highest BCUT2D eigenvalue weighted by atomic mass is 127. The summed E-state index contributed by atoms with van der Waals surface area (Å²) in [7, 11) is 0. The Hall–Kier alpha value is -2.18. The fourth-order valence-electron chi connectivity index (χ4n) is 3.20. The van der Waals surface area contributed by atoms with Gasteiger partial charge in [-0.1, -0.05) is 0 Å². The minimum Gasteiger partial charge on any atom is -0.378 e. The van der Waals surface area contributed by atoms with E-state index in [0.29, 0.717) is 18.4 Å². The van der Waals surface area contributed by atoms with Crippen LogP contribution in [0.1, 0.15) is 12.8 Å². The largest absolute Gasteiger partial charge is 0.378 e. The SMILES string of the molecule is O=C(Nc1ccc(Sc2nc(NC3=CC=IN3)cc(N3CCOCC3)n2)cc1)C1CC1. The maximum Gasteiger partial charge on any atom is 0.227 e. The maximum absolute atomic E-state index is 12.0. The lowest BCUT2D eigenvalue weighted by Crippen LogP contribution is -2.36. The van der Waals surface area contributed by atoms with Crippen molar-refractivity contribution < 1.29 is 9.53 Å². The number of allylic oxidation sites excluding steroid dienone is 1. The van der Waals surface area contributed by atoms with E-state index in [4.69, 9.17) is 14.7 Å². The van der Waals surface area contributed by atoms with E-state index in [0.717, 1.165) is 54.0 Å². The topological polar surface area (TPSA) is 91.4 Å². The molecule has 31 heavy (non-hydrogen) atoms. The highest BCUT2D eigenvalue weighted by Crippen LogP contribution is 2.32. The number of hydrogen-bond donors (Lipinski definition) is 3. The molecule has 1 aromatic heterocycles. The lowest BCUT2D eigenvalue weighted by atomic mass is 10.3. The molecule has 5 rings (SSSR count). The first kappa shape index (κ1) is 20.7. The van der Waals surface area contributed by atoms with Gasteiger partial charge in [0.15, 0.2) is 5.16 Å². The van der Waals surface area contributed by atoms with Gasteiger partial charge in [0, 0.05) is 35.7 Å². The molecule has 0 bridgehead atoms. The average molecular weight is 550 g/mol. The zero-order valence-electron chi connectivity index (χ0n) is 16.8. The molecule has 8 nitrogen and oxygen atoms in total. The van der Waals surface area contributed by atoms with Crippen molar-refractivity contribution in [2.45, 2.75) is 22.9 Å². The normalized spacial score (nSPS) is 18.1. The van der Waals surface area contributed by atoms with Crippen LogP contribution in [-0.4, -0.2) is 46.2 Å². The molecular weight excluding hydrogens is 527 g/mol. The van der Waals surface area contributed by atoms with E-state index in [1.54, 1.807) is 0 Å². The quantitative estimate of drug-likeness (QED) is 0.275. The first-order valence-electron chi connectivity index (χ1n) is 10.2. The molecule has 0 radical (unpaired) electrons. The highest BCUT2D eigenvalue weighted by molar-refractivity contribution is 14.2.